The van der Waals surface area contributed by atoms with E-state index in [2.05, 4.69) is 4.98 Å². The molecule has 0 atom stereocenters. The fraction of sp³-hybridized carbons (Fsp3) is 0.538. The first kappa shape index (κ1) is 12.7. The fourth-order valence-corrected chi connectivity index (χ4v) is 2.27. The number of hydrogen-bond donors (Lipinski definition) is 1. The molecular formula is C13H18N2O3. The van der Waals surface area contributed by atoms with Crippen molar-refractivity contribution in [2.24, 2.45) is 0 Å². The number of carboxylic acid groups (broad SMARTS) is 1. The molecule has 1 N–H and O–H groups in total. The minimum absolute atomic E-state index is 0.406. The second-order valence-corrected chi connectivity index (χ2v) is 4.41. The average Bonchev–Trinajstić information content (AvgIpc) is 2.40. The summed E-state index contributed by atoms with van der Waals surface area (Å²) < 4.78 is 5.30. The highest BCUT2D eigenvalue weighted by atomic mass is 16.5. The van der Waals surface area contributed by atoms with Gasteiger partial charge in [-0.25, -0.2) is 9.78 Å². The van der Waals surface area contributed by atoms with E-state index in [4.69, 9.17) is 9.84 Å². The molecule has 98 valence electrons. The number of ether oxygens (including phenoxy) is 1. The lowest BCUT2D eigenvalue weighted by molar-refractivity contribution is 0.132. The van der Waals surface area contributed by atoms with Crippen LogP contribution in [0.1, 0.15) is 31.2 Å². The molecule has 1 aromatic heterocycles. The highest BCUT2D eigenvalue weighted by Gasteiger charge is 2.23. The van der Waals surface area contributed by atoms with Crippen LogP contribution in [-0.2, 0) is 0 Å². The third-order valence-corrected chi connectivity index (χ3v) is 3.29. The quantitative estimate of drug-likeness (QED) is 0.894. The Morgan fingerprint density at radius 2 is 2.22 bits per heavy atom. The van der Waals surface area contributed by atoms with Gasteiger partial charge >= 0.3 is 6.09 Å². The highest BCUT2D eigenvalue weighted by molar-refractivity contribution is 5.65. The average molecular weight is 250 g/mol. The number of amides is 1. The first-order valence-electron chi connectivity index (χ1n) is 6.27. The van der Waals surface area contributed by atoms with Crippen LogP contribution >= 0.6 is 0 Å². The van der Waals surface area contributed by atoms with E-state index in [0.29, 0.717) is 31.5 Å². The fourth-order valence-electron chi connectivity index (χ4n) is 2.27. The zero-order valence-electron chi connectivity index (χ0n) is 10.5. The van der Waals surface area contributed by atoms with Crippen LogP contribution < -0.4 is 4.74 Å². The number of nitrogens with zero attached hydrogens (tertiary/aromatic N) is 2. The van der Waals surface area contributed by atoms with E-state index in [0.717, 1.165) is 12.8 Å². The summed E-state index contributed by atoms with van der Waals surface area (Å²) in [5.41, 5.74) is 1.17. The Kier molecular flexibility index (Phi) is 4.02. The number of rotatable bonds is 3. The van der Waals surface area contributed by atoms with Crippen LogP contribution in [0.3, 0.4) is 0 Å². The Balaban J connectivity index is 1.95. The lowest BCUT2D eigenvalue weighted by Gasteiger charge is -2.30. The number of aromatic nitrogens is 1. The summed E-state index contributed by atoms with van der Waals surface area (Å²) in [7, 11) is 0. The second-order valence-electron chi connectivity index (χ2n) is 4.41. The maximum atomic E-state index is 10.8. The zero-order chi connectivity index (χ0) is 13.0. The van der Waals surface area contributed by atoms with Gasteiger partial charge in [0.2, 0.25) is 5.88 Å². The molecular weight excluding hydrogens is 232 g/mol. The van der Waals surface area contributed by atoms with Gasteiger partial charge in [-0.1, -0.05) is 6.07 Å². The predicted octanol–water partition coefficient (Wildman–Crippen LogP) is 2.34. The third-order valence-electron chi connectivity index (χ3n) is 3.29. The molecule has 0 spiro atoms. The molecule has 1 aliphatic heterocycles. The highest BCUT2D eigenvalue weighted by Crippen LogP contribution is 2.28. The van der Waals surface area contributed by atoms with E-state index in [1.807, 2.05) is 25.3 Å². The van der Waals surface area contributed by atoms with E-state index in [1.165, 1.54) is 10.5 Å². The van der Waals surface area contributed by atoms with Crippen LogP contribution in [0, 0.1) is 0 Å². The normalized spacial score (nSPS) is 16.6. The topological polar surface area (TPSA) is 62.7 Å². The summed E-state index contributed by atoms with van der Waals surface area (Å²) in [5.74, 6) is 1.05. The summed E-state index contributed by atoms with van der Waals surface area (Å²) in [6, 6.07) is 3.90. The number of pyridine rings is 1. The summed E-state index contributed by atoms with van der Waals surface area (Å²) in [6.45, 7) is 3.75. The van der Waals surface area contributed by atoms with Gasteiger partial charge in [-0.05, 0) is 31.2 Å². The lowest BCUT2D eigenvalue weighted by atomic mass is 9.91. The van der Waals surface area contributed by atoms with Gasteiger partial charge in [-0.2, -0.15) is 0 Å². The first-order valence-corrected chi connectivity index (χ1v) is 6.27. The Bertz CT molecular complexity index is 397. The largest absolute Gasteiger partial charge is 0.478 e. The van der Waals surface area contributed by atoms with Gasteiger partial charge in [0.15, 0.2) is 0 Å². The summed E-state index contributed by atoms with van der Waals surface area (Å²) in [6.07, 6.45) is 2.74. The maximum Gasteiger partial charge on any atom is 0.407 e. The van der Waals surface area contributed by atoms with Crippen molar-refractivity contribution in [1.82, 2.24) is 9.88 Å². The Morgan fingerprint density at radius 3 is 2.72 bits per heavy atom. The van der Waals surface area contributed by atoms with Gasteiger partial charge in [0.25, 0.3) is 0 Å². The van der Waals surface area contributed by atoms with Crippen molar-refractivity contribution >= 4 is 6.09 Å². The van der Waals surface area contributed by atoms with Crippen molar-refractivity contribution in [1.29, 1.82) is 0 Å². The van der Waals surface area contributed by atoms with E-state index < -0.39 is 6.09 Å². The first-order chi connectivity index (χ1) is 8.70. The standard InChI is InChI=1S/C13H18N2O3/c1-2-18-12-4-3-11(9-14-12)10-5-7-15(8-6-10)13(16)17/h3-4,9-10H,2,5-8H2,1H3,(H,16,17). The molecule has 0 aliphatic carbocycles. The van der Waals surface area contributed by atoms with Crippen molar-refractivity contribution in [3.63, 3.8) is 0 Å². The molecule has 0 aromatic carbocycles. The molecule has 1 saturated heterocycles. The van der Waals surface area contributed by atoms with Gasteiger partial charge in [0.05, 0.1) is 6.61 Å². The van der Waals surface area contributed by atoms with E-state index >= 15 is 0 Å². The van der Waals surface area contributed by atoms with Crippen molar-refractivity contribution in [3.8, 4) is 5.88 Å². The minimum atomic E-state index is -0.821. The number of piperidine rings is 1. The second kappa shape index (κ2) is 5.71. The van der Waals surface area contributed by atoms with Crippen LogP contribution in [0.15, 0.2) is 18.3 Å². The molecule has 0 bridgehead atoms. The molecule has 1 fully saturated rings. The number of hydrogen-bond acceptors (Lipinski definition) is 3. The minimum Gasteiger partial charge on any atom is -0.478 e. The van der Waals surface area contributed by atoms with Crippen LogP contribution in [0.25, 0.3) is 0 Å². The smallest absolute Gasteiger partial charge is 0.407 e. The van der Waals surface area contributed by atoms with Crippen LogP contribution in [0.5, 0.6) is 5.88 Å². The summed E-state index contributed by atoms with van der Waals surface area (Å²) in [4.78, 5) is 16.5. The van der Waals surface area contributed by atoms with Crippen molar-refractivity contribution in [3.05, 3.63) is 23.9 Å². The maximum absolute atomic E-state index is 10.8. The van der Waals surface area contributed by atoms with Gasteiger partial charge in [-0.15, -0.1) is 0 Å². The van der Waals surface area contributed by atoms with E-state index in [-0.39, 0.29) is 0 Å². The third kappa shape index (κ3) is 2.91. The molecule has 18 heavy (non-hydrogen) atoms. The molecule has 0 radical (unpaired) electrons. The van der Waals surface area contributed by atoms with Crippen LogP contribution in [-0.4, -0.2) is 40.8 Å². The Hall–Kier alpha value is -1.78. The SMILES string of the molecule is CCOc1ccc(C2CCN(C(=O)O)CC2)cn1. The molecule has 5 heteroatoms. The molecule has 2 heterocycles. The summed E-state index contributed by atoms with van der Waals surface area (Å²) >= 11 is 0. The molecule has 1 aromatic rings. The molecule has 5 nitrogen and oxygen atoms in total. The molecule has 1 aliphatic rings. The van der Waals surface area contributed by atoms with Gasteiger partial charge in [0.1, 0.15) is 0 Å². The van der Waals surface area contributed by atoms with Crippen LogP contribution in [0.2, 0.25) is 0 Å². The number of likely N-dealkylation sites (tertiary alicyclic amines) is 1. The van der Waals surface area contributed by atoms with Gasteiger partial charge in [0, 0.05) is 25.4 Å². The van der Waals surface area contributed by atoms with Crippen molar-refractivity contribution in [2.75, 3.05) is 19.7 Å². The molecule has 0 saturated carbocycles. The predicted molar refractivity (Wildman–Crippen MR) is 67.0 cm³/mol. The molecule has 0 unspecified atom stereocenters. The zero-order valence-corrected chi connectivity index (χ0v) is 10.5. The Labute approximate surface area is 106 Å². The van der Waals surface area contributed by atoms with E-state index in [1.54, 1.807) is 0 Å². The molecule has 1 amide bonds. The van der Waals surface area contributed by atoms with Crippen LogP contribution in [0.4, 0.5) is 4.79 Å². The monoisotopic (exact) mass is 250 g/mol. The lowest BCUT2D eigenvalue weighted by Crippen LogP contribution is -2.36. The Morgan fingerprint density at radius 1 is 1.50 bits per heavy atom. The number of carbonyl (C=O) groups is 1. The van der Waals surface area contributed by atoms with E-state index in [9.17, 15) is 4.79 Å². The van der Waals surface area contributed by atoms with Crippen molar-refractivity contribution in [2.45, 2.75) is 25.7 Å². The van der Waals surface area contributed by atoms with Gasteiger partial charge < -0.3 is 14.7 Å². The van der Waals surface area contributed by atoms with Crippen molar-refractivity contribution < 1.29 is 14.6 Å². The molecule has 2 rings (SSSR count). The summed E-state index contributed by atoms with van der Waals surface area (Å²) in [5, 5.41) is 8.89. The van der Waals surface area contributed by atoms with Gasteiger partial charge in [-0.3, -0.25) is 0 Å².